The predicted molar refractivity (Wildman–Crippen MR) is 80.3 cm³/mol. The monoisotopic (exact) mass is 318 g/mol. The zero-order chi connectivity index (χ0) is 15.2. The highest BCUT2D eigenvalue weighted by Gasteiger charge is 2.17. The number of hydrogen-bond acceptors (Lipinski definition) is 5. The lowest BCUT2D eigenvalue weighted by Crippen LogP contribution is -2.14. The van der Waals surface area contributed by atoms with Crippen LogP contribution in [-0.4, -0.2) is 17.1 Å². The lowest BCUT2D eigenvalue weighted by Gasteiger charge is -2.09. The summed E-state index contributed by atoms with van der Waals surface area (Å²) in [5, 5.41) is 9.87. The van der Waals surface area contributed by atoms with Crippen LogP contribution in [0.4, 0.5) is 0 Å². The molecule has 1 atom stereocenters. The van der Waals surface area contributed by atoms with Crippen molar-refractivity contribution >= 4 is 29.3 Å². The number of carbonyl (C=O) groups is 1. The van der Waals surface area contributed by atoms with Gasteiger partial charge in [-0.3, -0.25) is 0 Å². The fourth-order valence-corrected chi connectivity index (χ4v) is 2.49. The molecule has 1 aromatic carbocycles. The second kappa shape index (κ2) is 7.11. The minimum absolute atomic E-state index is 0.333. The first-order valence-electron chi connectivity index (χ1n) is 6.09. The van der Waals surface area contributed by atoms with Crippen molar-refractivity contribution in [3.05, 3.63) is 53.2 Å². The zero-order valence-electron chi connectivity index (χ0n) is 11.1. The number of carbonyl (C=O) groups excluding carboxylic acids is 1. The quantitative estimate of drug-likeness (QED) is 0.798. The Bertz CT molecular complexity index is 683. The van der Waals surface area contributed by atoms with Crippen LogP contribution in [0.2, 0.25) is 5.02 Å². The summed E-state index contributed by atoms with van der Waals surface area (Å²) in [7, 11) is 0. The van der Waals surface area contributed by atoms with Gasteiger partial charge >= 0.3 is 5.97 Å². The van der Waals surface area contributed by atoms with E-state index >= 15 is 0 Å². The first-order chi connectivity index (χ1) is 10.1. The lowest BCUT2D eigenvalue weighted by atomic mass is 10.3. The highest BCUT2D eigenvalue weighted by Crippen LogP contribution is 2.29. The third-order valence-electron chi connectivity index (χ3n) is 2.48. The van der Waals surface area contributed by atoms with Gasteiger partial charge < -0.3 is 4.74 Å². The number of nitriles is 1. The smallest absolute Gasteiger partial charge is 0.342 e. The Morgan fingerprint density at radius 2 is 2.10 bits per heavy atom. The van der Waals surface area contributed by atoms with Crippen LogP contribution in [0.3, 0.4) is 0 Å². The van der Waals surface area contributed by atoms with Crippen molar-refractivity contribution in [2.75, 3.05) is 0 Å². The van der Waals surface area contributed by atoms with E-state index in [4.69, 9.17) is 21.6 Å². The van der Waals surface area contributed by atoms with Gasteiger partial charge in [0.25, 0.3) is 0 Å². The van der Waals surface area contributed by atoms with Gasteiger partial charge in [0.2, 0.25) is 0 Å². The van der Waals surface area contributed by atoms with Gasteiger partial charge in [-0.2, -0.15) is 5.26 Å². The lowest BCUT2D eigenvalue weighted by molar-refractivity contribution is 0.0430. The normalized spacial score (nSPS) is 11.5. The van der Waals surface area contributed by atoms with E-state index in [9.17, 15) is 4.79 Å². The number of esters is 1. The highest BCUT2D eigenvalue weighted by molar-refractivity contribution is 7.99. The molecular formula is C15H11ClN2O2S. The maximum atomic E-state index is 12.0. The maximum absolute atomic E-state index is 12.0. The van der Waals surface area contributed by atoms with Crippen molar-refractivity contribution in [3.63, 3.8) is 0 Å². The number of pyridine rings is 1. The van der Waals surface area contributed by atoms with E-state index in [1.54, 1.807) is 30.5 Å². The predicted octanol–water partition coefficient (Wildman–Crippen LogP) is 3.96. The Morgan fingerprint density at radius 1 is 1.38 bits per heavy atom. The standard InChI is InChI=1S/C15H11ClN2O2S/c1-10(9-17)20-15(19)13-3-2-8-18-14(13)21-12-6-4-11(16)5-7-12/h2-8,10H,1H3/t10-/m1/s1. The molecule has 0 amide bonds. The fraction of sp³-hybridized carbons (Fsp3) is 0.133. The Kier molecular flexibility index (Phi) is 5.20. The third kappa shape index (κ3) is 4.22. The molecule has 0 aliphatic rings. The number of ether oxygens (including phenoxy) is 1. The summed E-state index contributed by atoms with van der Waals surface area (Å²) in [5.41, 5.74) is 0.333. The van der Waals surface area contributed by atoms with Crippen LogP contribution in [0.1, 0.15) is 17.3 Å². The number of halogens is 1. The van der Waals surface area contributed by atoms with Gasteiger partial charge in [0.15, 0.2) is 6.10 Å². The molecule has 0 saturated heterocycles. The molecule has 2 rings (SSSR count). The van der Waals surface area contributed by atoms with E-state index in [0.29, 0.717) is 15.6 Å². The van der Waals surface area contributed by atoms with Gasteiger partial charge in [0, 0.05) is 16.1 Å². The molecule has 0 bridgehead atoms. The number of benzene rings is 1. The first-order valence-corrected chi connectivity index (χ1v) is 7.28. The molecule has 2 aromatic rings. The van der Waals surface area contributed by atoms with E-state index in [-0.39, 0.29) is 0 Å². The van der Waals surface area contributed by atoms with Gasteiger partial charge in [-0.1, -0.05) is 23.4 Å². The first kappa shape index (κ1) is 15.4. The number of nitrogens with zero attached hydrogens (tertiary/aromatic N) is 2. The molecule has 0 N–H and O–H groups in total. The molecule has 6 heteroatoms. The van der Waals surface area contributed by atoms with Gasteiger partial charge in [-0.25, -0.2) is 9.78 Å². The van der Waals surface area contributed by atoms with Crippen molar-refractivity contribution in [2.24, 2.45) is 0 Å². The molecule has 1 aromatic heterocycles. The van der Waals surface area contributed by atoms with Crippen LogP contribution < -0.4 is 0 Å². The van der Waals surface area contributed by atoms with E-state index in [1.807, 2.05) is 18.2 Å². The maximum Gasteiger partial charge on any atom is 0.342 e. The SMILES string of the molecule is C[C@H](C#N)OC(=O)c1cccnc1Sc1ccc(Cl)cc1. The van der Waals surface area contributed by atoms with E-state index < -0.39 is 12.1 Å². The third-order valence-corrected chi connectivity index (χ3v) is 3.76. The Labute approximate surface area is 131 Å². The largest absolute Gasteiger partial charge is 0.444 e. The molecule has 0 aliphatic heterocycles. The summed E-state index contributed by atoms with van der Waals surface area (Å²) >= 11 is 7.17. The summed E-state index contributed by atoms with van der Waals surface area (Å²) < 4.78 is 5.01. The van der Waals surface area contributed by atoms with Crippen LogP contribution in [0, 0.1) is 11.3 Å². The van der Waals surface area contributed by atoms with Crippen molar-refractivity contribution < 1.29 is 9.53 Å². The summed E-state index contributed by atoms with van der Waals surface area (Å²) in [4.78, 5) is 17.1. The summed E-state index contributed by atoms with van der Waals surface area (Å²) in [6, 6.07) is 12.3. The molecule has 0 aliphatic carbocycles. The van der Waals surface area contributed by atoms with Crippen molar-refractivity contribution in [3.8, 4) is 6.07 Å². The number of aromatic nitrogens is 1. The van der Waals surface area contributed by atoms with Gasteiger partial charge in [0.05, 0.1) is 5.56 Å². The van der Waals surface area contributed by atoms with Crippen molar-refractivity contribution in [1.82, 2.24) is 4.98 Å². The van der Waals surface area contributed by atoms with E-state index in [2.05, 4.69) is 4.98 Å². The molecule has 0 saturated carbocycles. The Morgan fingerprint density at radius 3 is 2.76 bits per heavy atom. The van der Waals surface area contributed by atoms with Crippen LogP contribution in [0.5, 0.6) is 0 Å². The average Bonchev–Trinajstić information content (AvgIpc) is 2.50. The van der Waals surface area contributed by atoms with Gasteiger partial charge in [-0.15, -0.1) is 0 Å². The van der Waals surface area contributed by atoms with Gasteiger partial charge in [-0.05, 0) is 43.3 Å². The topological polar surface area (TPSA) is 63.0 Å². The molecule has 1 heterocycles. The molecule has 106 valence electrons. The number of rotatable bonds is 4. The minimum atomic E-state index is -0.800. The Balaban J connectivity index is 2.22. The average molecular weight is 319 g/mol. The fourth-order valence-electron chi connectivity index (χ4n) is 1.49. The zero-order valence-corrected chi connectivity index (χ0v) is 12.7. The summed E-state index contributed by atoms with van der Waals surface area (Å²) in [6.45, 7) is 1.51. The van der Waals surface area contributed by atoms with Crippen LogP contribution in [-0.2, 0) is 4.74 Å². The van der Waals surface area contributed by atoms with Crippen LogP contribution in [0.15, 0.2) is 52.5 Å². The minimum Gasteiger partial charge on any atom is -0.444 e. The second-order valence-electron chi connectivity index (χ2n) is 4.09. The van der Waals surface area contributed by atoms with E-state index in [0.717, 1.165) is 4.90 Å². The van der Waals surface area contributed by atoms with E-state index in [1.165, 1.54) is 18.7 Å². The molecule has 0 radical (unpaired) electrons. The second-order valence-corrected chi connectivity index (χ2v) is 5.59. The van der Waals surface area contributed by atoms with Crippen LogP contribution in [0.25, 0.3) is 0 Å². The summed E-state index contributed by atoms with van der Waals surface area (Å²) in [5.74, 6) is -0.561. The Hall–Kier alpha value is -2.03. The summed E-state index contributed by atoms with van der Waals surface area (Å²) in [6.07, 6.45) is 0.800. The van der Waals surface area contributed by atoms with Crippen LogP contribution >= 0.6 is 23.4 Å². The molecule has 0 unspecified atom stereocenters. The highest BCUT2D eigenvalue weighted by atomic mass is 35.5. The molecule has 0 spiro atoms. The molecular weight excluding hydrogens is 308 g/mol. The molecule has 0 fully saturated rings. The molecule has 4 nitrogen and oxygen atoms in total. The molecule has 21 heavy (non-hydrogen) atoms. The number of hydrogen-bond donors (Lipinski definition) is 0. The van der Waals surface area contributed by atoms with Crippen molar-refractivity contribution in [1.29, 1.82) is 5.26 Å². The van der Waals surface area contributed by atoms with Crippen molar-refractivity contribution in [2.45, 2.75) is 22.9 Å². The van der Waals surface area contributed by atoms with Gasteiger partial charge in [0.1, 0.15) is 11.1 Å².